The number of sulfonamides is 2. The number of fused-ring (bicyclic) bond motifs is 2. The first-order valence-corrected chi connectivity index (χ1v) is 24.7. The molecule has 4 aliphatic heterocycles. The molecule has 2 saturated carbocycles. The normalized spacial score (nSPS) is 28.1. The number of rotatable bonds is 6. The van der Waals surface area contributed by atoms with E-state index in [0.29, 0.717) is 38.3 Å². The van der Waals surface area contributed by atoms with Crippen LogP contribution in [0.1, 0.15) is 97.3 Å². The summed E-state index contributed by atoms with van der Waals surface area (Å²) in [5.41, 5.74) is 0. The number of piperidine rings is 4. The van der Waals surface area contributed by atoms with E-state index < -0.39 is 31.9 Å². The van der Waals surface area contributed by atoms with Gasteiger partial charge in [0.1, 0.15) is 9.79 Å². The summed E-state index contributed by atoms with van der Waals surface area (Å²) in [7, 11) is -7.40. The number of carbonyl (C=O) groups is 2. The minimum atomic E-state index is -3.72. The number of nitrogens with zero attached hydrogens (tertiary/aromatic N) is 3. The third kappa shape index (κ3) is 11.6. The summed E-state index contributed by atoms with van der Waals surface area (Å²) in [6.07, 6.45) is 16.2. The van der Waals surface area contributed by atoms with Gasteiger partial charge < -0.3 is 15.3 Å². The Kier molecular flexibility index (Phi) is 17.4. The highest BCUT2D eigenvalue weighted by molar-refractivity contribution is 7.89. The number of hydrogen-bond acceptors (Lipinski definition) is 7. The zero-order valence-electron chi connectivity index (χ0n) is 33.0. The number of carboxylic acid groups (broad SMARTS) is 1. The Morgan fingerprint density at radius 3 is 1.60 bits per heavy atom. The van der Waals surface area contributed by atoms with Crippen LogP contribution in [-0.4, -0.2) is 99.7 Å². The van der Waals surface area contributed by atoms with Crippen LogP contribution in [0.25, 0.3) is 0 Å². The van der Waals surface area contributed by atoms with Crippen molar-refractivity contribution in [3.05, 3.63) is 58.6 Å². The number of carbonyl (C=O) groups excluding carboxylic acids is 1. The average Bonchev–Trinajstić information content (AvgIpc) is 3.24. The van der Waals surface area contributed by atoms with Crippen LogP contribution in [0.2, 0.25) is 10.0 Å². The van der Waals surface area contributed by atoms with Crippen molar-refractivity contribution in [3.8, 4) is 0 Å². The molecule has 4 heterocycles. The first kappa shape index (κ1) is 46.8. The molecule has 2 aromatic carbocycles. The molecule has 0 bridgehead atoms. The summed E-state index contributed by atoms with van der Waals surface area (Å²) in [6, 6.07) is 12.7. The second-order valence-electron chi connectivity index (χ2n) is 16.8. The van der Waals surface area contributed by atoms with Gasteiger partial charge in [0.15, 0.2) is 0 Å². The lowest BCUT2D eigenvalue weighted by Gasteiger charge is -2.43. The Balaban J connectivity index is 0.000000183. The molecule has 0 spiro atoms. The Morgan fingerprint density at radius 1 is 0.586 bits per heavy atom. The van der Waals surface area contributed by atoms with Crippen LogP contribution in [0, 0.1) is 35.5 Å². The number of aliphatic carboxylic acids is 1. The van der Waals surface area contributed by atoms with Gasteiger partial charge in [-0.05, 0) is 112 Å². The number of hydrogen-bond donors (Lipinski definition) is 2. The lowest BCUT2D eigenvalue weighted by molar-refractivity contribution is -0.143. The van der Waals surface area contributed by atoms with E-state index in [1.54, 1.807) is 30.3 Å². The predicted octanol–water partition coefficient (Wildman–Crippen LogP) is 8.03. The Labute approximate surface area is 357 Å². The molecule has 58 heavy (non-hydrogen) atoms. The minimum absolute atomic E-state index is 0. The number of halogens is 2. The van der Waals surface area contributed by atoms with Crippen molar-refractivity contribution in [2.24, 2.45) is 35.5 Å². The van der Waals surface area contributed by atoms with E-state index in [0.717, 1.165) is 43.7 Å². The zero-order valence-corrected chi connectivity index (χ0v) is 36.1. The van der Waals surface area contributed by atoms with Gasteiger partial charge in [0.25, 0.3) is 0 Å². The maximum absolute atomic E-state index is 13.2. The number of carboxylic acids is 1. The standard InChI is InChI=1S/C21H29ClN2O3S.C12H14ClNO4S.C9H17N.CH4/c22-19-9-3-4-10-20(19)28(26,27)24-12-5-8-18(15-24)21(25)23-13-11-16-6-1-2-7-17(16)14-23;13-10-5-1-2-6-11(10)19(17,18)14-7-3-4-9(8-14)12(15)16;1-2-4-9-7-10-6-5-8(9)3-1;/h3-4,9-10,16-18H,1-2,5-8,11-15H2;1-2,5-6,9H,3-4,7-8H2,(H,15,16);8-10H,1-7H2;1H4/t16-,17-,18-;9-;8-,9-;/m000./s1. The maximum atomic E-state index is 13.2. The Hall–Kier alpha value is -2.26. The fraction of sp³-hybridized carbons (Fsp3) is 0.674. The first-order chi connectivity index (χ1) is 27.4. The maximum Gasteiger partial charge on any atom is 0.307 e. The molecule has 1 amide bonds. The summed E-state index contributed by atoms with van der Waals surface area (Å²) in [5.74, 6) is 1.84. The number of nitrogens with one attached hydrogen (secondary N) is 1. The summed E-state index contributed by atoms with van der Waals surface area (Å²) in [6.45, 7) is 5.32. The summed E-state index contributed by atoms with van der Waals surface area (Å²) < 4.78 is 53.6. The molecule has 0 radical (unpaired) electrons. The monoisotopic (exact) mass is 882 g/mol. The lowest BCUT2D eigenvalue weighted by Crippen LogP contribution is -2.50. The fourth-order valence-corrected chi connectivity index (χ4v) is 13.9. The zero-order chi connectivity index (χ0) is 40.6. The summed E-state index contributed by atoms with van der Waals surface area (Å²) in [4.78, 5) is 26.3. The molecule has 0 unspecified atom stereocenters. The van der Waals surface area contributed by atoms with Gasteiger partial charge in [-0.1, -0.05) is 93.4 Å². The second-order valence-corrected chi connectivity index (χ2v) is 21.4. The van der Waals surface area contributed by atoms with Gasteiger partial charge in [-0.15, -0.1) is 0 Å². The molecule has 2 aromatic rings. The highest BCUT2D eigenvalue weighted by Gasteiger charge is 2.39. The van der Waals surface area contributed by atoms with Crippen LogP contribution in [-0.2, 0) is 29.6 Å². The van der Waals surface area contributed by atoms with Crippen molar-refractivity contribution in [2.75, 3.05) is 52.4 Å². The molecule has 6 atom stereocenters. The van der Waals surface area contributed by atoms with Gasteiger partial charge in [-0.3, -0.25) is 9.59 Å². The van der Waals surface area contributed by atoms with Crippen molar-refractivity contribution in [1.29, 1.82) is 0 Å². The van der Waals surface area contributed by atoms with E-state index in [4.69, 9.17) is 28.3 Å². The molecule has 11 nitrogen and oxygen atoms in total. The summed E-state index contributed by atoms with van der Waals surface area (Å²) >= 11 is 12.0. The minimum Gasteiger partial charge on any atom is -0.481 e. The molecule has 6 fully saturated rings. The van der Waals surface area contributed by atoms with Crippen molar-refractivity contribution < 1.29 is 31.5 Å². The second kappa shape index (κ2) is 21.5. The number of likely N-dealkylation sites (tertiary alicyclic amines) is 1. The third-order valence-electron chi connectivity index (χ3n) is 13.1. The highest BCUT2D eigenvalue weighted by atomic mass is 35.5. The van der Waals surface area contributed by atoms with E-state index in [9.17, 15) is 26.4 Å². The van der Waals surface area contributed by atoms with Gasteiger partial charge >= 0.3 is 5.97 Å². The third-order valence-corrected chi connectivity index (χ3v) is 17.9. The molecule has 2 N–H and O–H groups in total. The molecular weight excluding hydrogens is 820 g/mol. The Bertz CT molecular complexity index is 1880. The smallest absolute Gasteiger partial charge is 0.307 e. The number of amides is 1. The van der Waals surface area contributed by atoms with E-state index in [-0.39, 0.29) is 52.2 Å². The molecule has 0 aromatic heterocycles. The van der Waals surface area contributed by atoms with E-state index in [2.05, 4.69) is 5.32 Å². The van der Waals surface area contributed by atoms with Gasteiger partial charge in [-0.2, -0.15) is 8.61 Å². The average molecular weight is 884 g/mol. The van der Waals surface area contributed by atoms with Gasteiger partial charge in [0, 0.05) is 39.3 Å². The molecular formula is C43H64Cl2N4O7S2. The van der Waals surface area contributed by atoms with E-state index in [1.807, 2.05) is 4.90 Å². The quantitative estimate of drug-likeness (QED) is 0.297. The van der Waals surface area contributed by atoms with Crippen LogP contribution in [0.15, 0.2) is 58.3 Å². The van der Waals surface area contributed by atoms with Gasteiger partial charge in [-0.25, -0.2) is 16.8 Å². The molecule has 8 rings (SSSR count). The fourth-order valence-electron chi connectivity index (χ4n) is 9.88. The largest absolute Gasteiger partial charge is 0.481 e. The van der Waals surface area contributed by atoms with Crippen LogP contribution >= 0.6 is 23.2 Å². The predicted molar refractivity (Wildman–Crippen MR) is 230 cm³/mol. The van der Waals surface area contributed by atoms with Gasteiger partial charge in [0.2, 0.25) is 26.0 Å². The van der Waals surface area contributed by atoms with Crippen molar-refractivity contribution in [1.82, 2.24) is 18.8 Å². The van der Waals surface area contributed by atoms with Crippen LogP contribution in [0.5, 0.6) is 0 Å². The van der Waals surface area contributed by atoms with E-state index in [1.165, 1.54) is 97.7 Å². The van der Waals surface area contributed by atoms with Crippen LogP contribution < -0.4 is 5.32 Å². The van der Waals surface area contributed by atoms with Gasteiger partial charge in [0.05, 0.1) is 21.9 Å². The number of benzene rings is 2. The van der Waals surface area contributed by atoms with E-state index >= 15 is 0 Å². The first-order valence-electron chi connectivity index (χ1n) is 21.1. The summed E-state index contributed by atoms with van der Waals surface area (Å²) in [5, 5.41) is 12.9. The molecule has 2 aliphatic carbocycles. The van der Waals surface area contributed by atoms with Crippen LogP contribution in [0.4, 0.5) is 0 Å². The molecule has 6 aliphatic rings. The molecule has 324 valence electrons. The van der Waals surface area contributed by atoms with Crippen molar-refractivity contribution >= 4 is 55.1 Å². The van der Waals surface area contributed by atoms with Crippen molar-refractivity contribution in [3.63, 3.8) is 0 Å². The SMILES string of the molecule is C.C1CC[C@H]2CNCC[C@@H]2C1.O=C(O)[C@H]1CCCN(S(=O)(=O)c2ccccc2Cl)C1.O=C([C@H]1CCCN(S(=O)(=O)c2ccccc2Cl)C1)N1CC[C@@H]2CCCC[C@H]2C1. The molecule has 15 heteroatoms. The Morgan fingerprint density at radius 2 is 1.07 bits per heavy atom. The highest BCUT2D eigenvalue weighted by Crippen LogP contribution is 2.38. The molecule has 4 saturated heterocycles. The lowest BCUT2D eigenvalue weighted by atomic mass is 9.75. The van der Waals surface area contributed by atoms with Crippen LogP contribution in [0.3, 0.4) is 0 Å². The topological polar surface area (TPSA) is 144 Å². The van der Waals surface area contributed by atoms with Crippen molar-refractivity contribution in [2.45, 2.75) is 107 Å².